The molecule has 2 unspecified atom stereocenters. The number of hydrogen-bond donors (Lipinski definition) is 2. The Labute approximate surface area is 130 Å². The first-order chi connectivity index (χ1) is 10.1. The maximum Gasteiger partial charge on any atom is 0.324 e. The highest BCUT2D eigenvalue weighted by atomic mass is 32.2. The fourth-order valence-electron chi connectivity index (χ4n) is 3.19. The predicted molar refractivity (Wildman–Crippen MR) is 84.6 cm³/mol. The van der Waals surface area contributed by atoms with Crippen LogP contribution in [0.15, 0.2) is 17.6 Å². The van der Waals surface area contributed by atoms with E-state index in [9.17, 15) is 9.90 Å². The van der Waals surface area contributed by atoms with Gasteiger partial charge < -0.3 is 15.0 Å². The number of imidazole rings is 1. The van der Waals surface area contributed by atoms with Crippen molar-refractivity contribution in [2.45, 2.75) is 49.7 Å². The molecule has 1 aliphatic carbocycles. The van der Waals surface area contributed by atoms with Gasteiger partial charge in [-0.05, 0) is 38.1 Å². The molecular formula is C15H25N3O2S. The number of aromatic nitrogens is 2. The third-order valence-corrected chi connectivity index (χ3v) is 5.46. The molecule has 1 aromatic rings. The summed E-state index contributed by atoms with van der Waals surface area (Å²) in [6, 6.07) is 0. The lowest BCUT2D eigenvalue weighted by Gasteiger charge is -2.32. The molecule has 0 saturated heterocycles. The van der Waals surface area contributed by atoms with Crippen molar-refractivity contribution in [1.29, 1.82) is 0 Å². The van der Waals surface area contributed by atoms with Gasteiger partial charge in [0, 0.05) is 25.2 Å². The van der Waals surface area contributed by atoms with Crippen LogP contribution in [0.4, 0.5) is 0 Å². The van der Waals surface area contributed by atoms with Crippen LogP contribution < -0.4 is 5.32 Å². The van der Waals surface area contributed by atoms with Gasteiger partial charge in [0.1, 0.15) is 5.54 Å². The number of thioether (sulfide) groups is 1. The van der Waals surface area contributed by atoms with Gasteiger partial charge in [-0.25, -0.2) is 4.98 Å². The van der Waals surface area contributed by atoms with Gasteiger partial charge >= 0.3 is 5.97 Å². The summed E-state index contributed by atoms with van der Waals surface area (Å²) in [5.41, 5.74) is -0.710. The van der Waals surface area contributed by atoms with Gasteiger partial charge in [0.2, 0.25) is 0 Å². The average molecular weight is 311 g/mol. The van der Waals surface area contributed by atoms with Gasteiger partial charge in [0.25, 0.3) is 0 Å². The third-order valence-electron chi connectivity index (χ3n) is 4.37. The first-order valence-corrected chi connectivity index (χ1v) is 8.67. The molecule has 1 aliphatic rings. The zero-order valence-corrected chi connectivity index (χ0v) is 13.7. The van der Waals surface area contributed by atoms with Crippen LogP contribution in [-0.4, -0.2) is 38.5 Å². The molecule has 0 amide bonds. The summed E-state index contributed by atoms with van der Waals surface area (Å²) in [6.45, 7) is 2.85. The number of carboxylic acid groups (broad SMARTS) is 1. The van der Waals surface area contributed by atoms with E-state index in [2.05, 4.69) is 17.2 Å². The summed E-state index contributed by atoms with van der Waals surface area (Å²) in [7, 11) is 1.98. The zero-order valence-electron chi connectivity index (χ0n) is 12.8. The second kappa shape index (κ2) is 7.31. The predicted octanol–water partition coefficient (Wildman–Crippen LogP) is 2.53. The summed E-state index contributed by atoms with van der Waals surface area (Å²) in [4.78, 5) is 16.1. The average Bonchev–Trinajstić information content (AvgIpc) is 3.04. The molecule has 118 valence electrons. The zero-order chi connectivity index (χ0) is 15.3. The van der Waals surface area contributed by atoms with E-state index >= 15 is 0 Å². The fourth-order valence-corrected chi connectivity index (χ4v) is 4.17. The van der Waals surface area contributed by atoms with E-state index in [1.54, 1.807) is 18.0 Å². The number of aryl methyl sites for hydroxylation is 1. The second-order valence-electron chi connectivity index (χ2n) is 5.75. The van der Waals surface area contributed by atoms with Crippen molar-refractivity contribution in [3.8, 4) is 0 Å². The van der Waals surface area contributed by atoms with E-state index < -0.39 is 11.5 Å². The Balaban J connectivity index is 1.93. The largest absolute Gasteiger partial charge is 0.480 e. The van der Waals surface area contributed by atoms with Crippen molar-refractivity contribution in [2.75, 3.05) is 12.3 Å². The summed E-state index contributed by atoms with van der Waals surface area (Å²) in [5, 5.41) is 14.0. The van der Waals surface area contributed by atoms with E-state index in [-0.39, 0.29) is 5.92 Å². The molecule has 2 atom stereocenters. The van der Waals surface area contributed by atoms with Gasteiger partial charge in [-0.1, -0.05) is 25.1 Å². The van der Waals surface area contributed by atoms with E-state index in [0.29, 0.717) is 0 Å². The maximum atomic E-state index is 11.8. The number of carboxylic acids is 1. The van der Waals surface area contributed by atoms with Crippen molar-refractivity contribution >= 4 is 17.7 Å². The van der Waals surface area contributed by atoms with Crippen LogP contribution in [-0.2, 0) is 11.8 Å². The number of nitrogens with one attached hydrogen (secondary N) is 1. The highest BCUT2D eigenvalue weighted by molar-refractivity contribution is 7.99. The van der Waals surface area contributed by atoms with Crippen LogP contribution >= 0.6 is 11.8 Å². The maximum absolute atomic E-state index is 11.8. The number of nitrogens with zero attached hydrogens (tertiary/aromatic N) is 2. The van der Waals surface area contributed by atoms with Crippen molar-refractivity contribution in [3.05, 3.63) is 12.4 Å². The Morgan fingerprint density at radius 1 is 1.67 bits per heavy atom. The highest BCUT2D eigenvalue weighted by Crippen LogP contribution is 2.39. The van der Waals surface area contributed by atoms with E-state index in [1.807, 2.05) is 17.8 Å². The Hall–Kier alpha value is -1.01. The van der Waals surface area contributed by atoms with Crippen molar-refractivity contribution in [2.24, 2.45) is 13.0 Å². The summed E-state index contributed by atoms with van der Waals surface area (Å²) < 4.78 is 2.00. The lowest BCUT2D eigenvalue weighted by molar-refractivity contribution is -0.146. The van der Waals surface area contributed by atoms with Crippen LogP contribution in [0.3, 0.4) is 0 Å². The van der Waals surface area contributed by atoms with E-state index in [1.165, 1.54) is 0 Å². The Bertz CT molecular complexity index is 477. The normalized spacial score (nSPS) is 25.3. The molecule has 1 heterocycles. The van der Waals surface area contributed by atoms with Gasteiger partial charge in [-0.2, -0.15) is 0 Å². The van der Waals surface area contributed by atoms with Crippen LogP contribution in [0.1, 0.15) is 39.0 Å². The lowest BCUT2D eigenvalue weighted by atomic mass is 9.85. The summed E-state index contributed by atoms with van der Waals surface area (Å²) in [6.07, 6.45) is 8.36. The number of hydrogen-bond acceptors (Lipinski definition) is 4. The topological polar surface area (TPSA) is 67.2 Å². The molecule has 0 bridgehead atoms. The van der Waals surface area contributed by atoms with Crippen LogP contribution in [0.5, 0.6) is 0 Å². The van der Waals surface area contributed by atoms with Gasteiger partial charge in [0.15, 0.2) is 5.16 Å². The highest BCUT2D eigenvalue weighted by Gasteiger charge is 2.48. The first-order valence-electron chi connectivity index (χ1n) is 7.68. The molecular weight excluding hydrogens is 286 g/mol. The minimum atomic E-state index is -0.710. The minimum absolute atomic E-state index is 0.217. The van der Waals surface area contributed by atoms with Crippen LogP contribution in [0.2, 0.25) is 0 Å². The minimum Gasteiger partial charge on any atom is -0.480 e. The van der Waals surface area contributed by atoms with E-state index in [0.717, 1.165) is 49.6 Å². The Morgan fingerprint density at radius 2 is 2.48 bits per heavy atom. The van der Waals surface area contributed by atoms with Crippen molar-refractivity contribution in [1.82, 2.24) is 14.9 Å². The Kier molecular flexibility index (Phi) is 5.70. The quantitative estimate of drug-likeness (QED) is 0.722. The molecule has 1 fully saturated rings. The molecule has 21 heavy (non-hydrogen) atoms. The molecule has 0 radical (unpaired) electrons. The summed E-state index contributed by atoms with van der Waals surface area (Å²) >= 11 is 1.71. The molecule has 2 N–H and O–H groups in total. The molecule has 1 aromatic heterocycles. The standard InChI is InChI=1S/C15H25N3O2S/c1-3-8-17-15(13(19)20)7-4-5-12(15)6-11-21-14-16-9-10-18(14)2/h9-10,12,17H,3-8,11H2,1-2H3,(H,19,20). The molecule has 5 nitrogen and oxygen atoms in total. The second-order valence-corrected chi connectivity index (χ2v) is 6.81. The molecule has 6 heteroatoms. The van der Waals surface area contributed by atoms with Gasteiger partial charge in [0.05, 0.1) is 0 Å². The lowest BCUT2D eigenvalue weighted by Crippen LogP contribution is -2.55. The number of carbonyl (C=O) groups is 1. The van der Waals surface area contributed by atoms with Crippen LogP contribution in [0.25, 0.3) is 0 Å². The SMILES string of the molecule is CCCNC1(C(=O)O)CCCC1CCSc1nccn1C. The molecule has 0 aromatic carbocycles. The van der Waals surface area contributed by atoms with Crippen molar-refractivity contribution in [3.63, 3.8) is 0 Å². The Morgan fingerprint density at radius 3 is 3.10 bits per heavy atom. The summed E-state index contributed by atoms with van der Waals surface area (Å²) in [5.74, 6) is 0.452. The van der Waals surface area contributed by atoms with Crippen LogP contribution in [0, 0.1) is 5.92 Å². The number of rotatable bonds is 8. The monoisotopic (exact) mass is 311 g/mol. The fraction of sp³-hybridized carbons (Fsp3) is 0.733. The van der Waals surface area contributed by atoms with E-state index in [4.69, 9.17) is 0 Å². The van der Waals surface area contributed by atoms with Gasteiger partial charge in [-0.15, -0.1) is 0 Å². The molecule has 2 rings (SSSR count). The third kappa shape index (κ3) is 3.61. The first kappa shape index (κ1) is 16.4. The smallest absolute Gasteiger partial charge is 0.324 e. The molecule has 0 spiro atoms. The van der Waals surface area contributed by atoms with Crippen molar-refractivity contribution < 1.29 is 9.90 Å². The number of aliphatic carboxylic acids is 1. The van der Waals surface area contributed by atoms with Gasteiger partial charge in [-0.3, -0.25) is 4.79 Å². The molecule has 1 saturated carbocycles. The molecule has 0 aliphatic heterocycles.